The lowest BCUT2D eigenvalue weighted by Gasteiger charge is -2.21. The zero-order valence-electron chi connectivity index (χ0n) is 40.3. The molecule has 2 N–H and O–H groups in total. The number of aliphatic hydroxyl groups excluding tert-OH is 1. The summed E-state index contributed by atoms with van der Waals surface area (Å²) in [4.78, 5) is 48.1. The standard InChI is InChI=1S/C54H83O11P/c1-4-7-10-13-16-19-22-25-28-31-34-37-40-43-52(56)61-47-51(65-54(58)45-42-39-36-33-30-27-24-21-18-15-12-9-6-3)49-63-66(59,60)62-48-50(46-55)64-53(57)44-41-38-35-32-29-26-23-20-17-14-11-8-5-2/h7-12,16-21,25-30,35-36,38-39,50-51,55H,4-6,13-15,22-24,31-34,37,40-49H2,1-3H3,(H,59,60)/b10-7-,11-8-,12-9-,19-16-,20-17-,21-18-,28-25-,29-26-,30-27-,38-35-,39-36-. The first kappa shape index (κ1) is 61.6. The summed E-state index contributed by atoms with van der Waals surface area (Å²) < 4.78 is 39.0. The maximum atomic E-state index is 12.8. The number of carbonyl (C=O) groups excluding carboxylic acids is 3. The van der Waals surface area contributed by atoms with E-state index in [1.54, 1.807) is 0 Å². The molecule has 0 radical (unpaired) electrons. The van der Waals surface area contributed by atoms with Crippen LogP contribution in [-0.4, -0.2) is 66.5 Å². The number of phosphoric acid groups is 1. The average Bonchev–Trinajstić information content (AvgIpc) is 3.30. The van der Waals surface area contributed by atoms with Crippen LogP contribution in [-0.2, 0) is 42.2 Å². The van der Waals surface area contributed by atoms with Gasteiger partial charge >= 0.3 is 25.7 Å². The maximum absolute atomic E-state index is 12.8. The number of allylic oxidation sites excluding steroid dienone is 22. The highest BCUT2D eigenvalue weighted by molar-refractivity contribution is 7.47. The molecule has 0 aromatic carbocycles. The number of carbonyl (C=O) groups is 3. The third-order valence-corrected chi connectivity index (χ3v) is 10.0. The molecule has 370 valence electrons. The molecule has 0 heterocycles. The molecule has 11 nitrogen and oxygen atoms in total. The Labute approximate surface area is 398 Å². The van der Waals surface area contributed by atoms with Crippen molar-refractivity contribution in [3.8, 4) is 0 Å². The van der Waals surface area contributed by atoms with Crippen LogP contribution in [0.1, 0.15) is 149 Å². The number of unbranched alkanes of at least 4 members (excludes halogenated alkanes) is 3. The number of hydrogen-bond donors (Lipinski definition) is 2. The first-order valence-corrected chi connectivity index (χ1v) is 25.6. The summed E-state index contributed by atoms with van der Waals surface area (Å²) in [6, 6.07) is 0. The number of aliphatic hydroxyl groups is 1. The van der Waals surface area contributed by atoms with Crippen molar-refractivity contribution in [3.63, 3.8) is 0 Å². The van der Waals surface area contributed by atoms with E-state index in [9.17, 15) is 28.9 Å². The van der Waals surface area contributed by atoms with Crippen molar-refractivity contribution in [3.05, 3.63) is 134 Å². The van der Waals surface area contributed by atoms with E-state index in [4.69, 9.17) is 23.3 Å². The zero-order chi connectivity index (χ0) is 48.4. The largest absolute Gasteiger partial charge is 0.472 e. The third-order valence-electron chi connectivity index (χ3n) is 9.08. The van der Waals surface area contributed by atoms with Gasteiger partial charge in [0, 0.05) is 19.3 Å². The second kappa shape index (κ2) is 47.1. The Morgan fingerprint density at radius 1 is 0.424 bits per heavy atom. The molecule has 0 aromatic rings. The van der Waals surface area contributed by atoms with Crippen molar-refractivity contribution < 1.29 is 52.2 Å². The lowest BCUT2D eigenvalue weighted by atomic mass is 10.1. The highest BCUT2D eigenvalue weighted by atomic mass is 31.2. The summed E-state index contributed by atoms with van der Waals surface area (Å²) in [6.07, 6.45) is 57.6. The van der Waals surface area contributed by atoms with E-state index in [0.29, 0.717) is 25.7 Å². The lowest BCUT2D eigenvalue weighted by molar-refractivity contribution is -0.161. The summed E-state index contributed by atoms with van der Waals surface area (Å²) in [7, 11) is -4.79. The van der Waals surface area contributed by atoms with Gasteiger partial charge in [-0.2, -0.15) is 0 Å². The molecule has 66 heavy (non-hydrogen) atoms. The quantitative estimate of drug-likeness (QED) is 0.0197. The summed E-state index contributed by atoms with van der Waals surface area (Å²) in [5, 5.41) is 9.74. The summed E-state index contributed by atoms with van der Waals surface area (Å²) >= 11 is 0. The second-order valence-electron chi connectivity index (χ2n) is 15.1. The van der Waals surface area contributed by atoms with E-state index in [1.165, 1.54) is 0 Å². The fourth-order valence-corrected chi connectivity index (χ4v) is 6.30. The van der Waals surface area contributed by atoms with E-state index in [1.807, 2.05) is 36.5 Å². The first-order valence-electron chi connectivity index (χ1n) is 24.1. The number of hydrogen-bond acceptors (Lipinski definition) is 10. The molecule has 0 aliphatic heterocycles. The minimum absolute atomic E-state index is 0.0266. The molecular formula is C54H83O11P. The maximum Gasteiger partial charge on any atom is 0.472 e. The fraction of sp³-hybridized carbons (Fsp3) is 0.537. The van der Waals surface area contributed by atoms with Crippen LogP contribution in [0.3, 0.4) is 0 Å². The van der Waals surface area contributed by atoms with Gasteiger partial charge in [0.1, 0.15) is 12.7 Å². The molecule has 0 aliphatic carbocycles. The monoisotopic (exact) mass is 939 g/mol. The van der Waals surface area contributed by atoms with Crippen molar-refractivity contribution in [2.75, 3.05) is 26.4 Å². The molecule has 0 rings (SSSR count). The van der Waals surface area contributed by atoms with Crippen LogP contribution in [0.5, 0.6) is 0 Å². The molecule has 0 aliphatic rings. The van der Waals surface area contributed by atoms with E-state index in [2.05, 4.69) is 118 Å². The second-order valence-corrected chi connectivity index (χ2v) is 16.6. The highest BCUT2D eigenvalue weighted by Gasteiger charge is 2.28. The Morgan fingerprint density at radius 2 is 0.773 bits per heavy atom. The molecule has 0 saturated carbocycles. The first-order chi connectivity index (χ1) is 32.2. The Balaban J connectivity index is 4.97. The van der Waals surface area contributed by atoms with Crippen molar-refractivity contribution in [2.45, 2.75) is 161 Å². The van der Waals surface area contributed by atoms with E-state index < -0.39 is 64.4 Å². The van der Waals surface area contributed by atoms with Crippen LogP contribution < -0.4 is 0 Å². The van der Waals surface area contributed by atoms with Gasteiger partial charge in [0.2, 0.25) is 0 Å². The minimum atomic E-state index is -4.79. The van der Waals surface area contributed by atoms with Crippen LogP contribution in [0.4, 0.5) is 0 Å². The van der Waals surface area contributed by atoms with Gasteiger partial charge < -0.3 is 24.2 Å². The van der Waals surface area contributed by atoms with Gasteiger partial charge in [-0.25, -0.2) is 4.57 Å². The molecule has 3 atom stereocenters. The van der Waals surface area contributed by atoms with Crippen molar-refractivity contribution in [1.29, 1.82) is 0 Å². The molecular weight excluding hydrogens is 856 g/mol. The number of phosphoric ester groups is 1. The Kier molecular flexibility index (Phi) is 44.0. The number of esters is 3. The SMILES string of the molecule is CC/C=C\C/C=C\C/C=C\C/C=C\CCC(=O)OC(CO)COP(=O)(O)OCC(COC(=O)CCCCC/C=C\C/C=C\C/C=C\CC)OC(=O)CC/C=C\C/C=C\C/C=C\C/C=C\CC. The Morgan fingerprint density at radius 3 is 1.17 bits per heavy atom. The smallest absolute Gasteiger partial charge is 0.462 e. The molecule has 0 saturated heterocycles. The topological polar surface area (TPSA) is 155 Å². The van der Waals surface area contributed by atoms with Crippen LogP contribution in [0, 0.1) is 0 Å². The Hall–Kier alpha value is -4.38. The summed E-state index contributed by atoms with van der Waals surface area (Å²) in [5.41, 5.74) is 0. The number of rotatable bonds is 42. The van der Waals surface area contributed by atoms with Crippen LogP contribution in [0.15, 0.2) is 134 Å². The minimum Gasteiger partial charge on any atom is -0.462 e. The normalized spacial score (nSPS) is 14.7. The fourth-order valence-electron chi connectivity index (χ4n) is 5.51. The lowest BCUT2D eigenvalue weighted by Crippen LogP contribution is -2.30. The van der Waals surface area contributed by atoms with Gasteiger partial charge in [-0.1, -0.05) is 161 Å². The molecule has 0 bridgehead atoms. The summed E-state index contributed by atoms with van der Waals surface area (Å²) in [6.45, 7) is 4.03. The predicted octanol–water partition coefficient (Wildman–Crippen LogP) is 13.5. The molecule has 0 amide bonds. The van der Waals surface area contributed by atoms with Gasteiger partial charge in [-0.15, -0.1) is 0 Å². The van der Waals surface area contributed by atoms with E-state index >= 15 is 0 Å². The predicted molar refractivity (Wildman–Crippen MR) is 269 cm³/mol. The summed E-state index contributed by atoms with van der Waals surface area (Å²) in [5.74, 6) is -1.71. The van der Waals surface area contributed by atoms with Gasteiger partial charge in [0.15, 0.2) is 6.10 Å². The highest BCUT2D eigenvalue weighted by Crippen LogP contribution is 2.43. The van der Waals surface area contributed by atoms with Gasteiger partial charge in [-0.3, -0.25) is 23.4 Å². The van der Waals surface area contributed by atoms with Crippen molar-refractivity contribution in [2.24, 2.45) is 0 Å². The molecule has 0 spiro atoms. The van der Waals surface area contributed by atoms with Crippen LogP contribution in [0.25, 0.3) is 0 Å². The van der Waals surface area contributed by atoms with Gasteiger partial charge in [0.25, 0.3) is 0 Å². The molecule has 12 heteroatoms. The van der Waals surface area contributed by atoms with Gasteiger partial charge in [-0.05, 0) is 103 Å². The molecule has 0 fully saturated rings. The third kappa shape index (κ3) is 44.8. The van der Waals surface area contributed by atoms with Crippen LogP contribution >= 0.6 is 7.82 Å². The zero-order valence-corrected chi connectivity index (χ0v) is 41.2. The number of ether oxygens (including phenoxy) is 3. The van der Waals surface area contributed by atoms with E-state index in [0.717, 1.165) is 83.5 Å². The average molecular weight is 939 g/mol. The molecule has 3 unspecified atom stereocenters. The molecule has 0 aromatic heterocycles. The van der Waals surface area contributed by atoms with Crippen molar-refractivity contribution in [1.82, 2.24) is 0 Å². The van der Waals surface area contributed by atoms with Crippen molar-refractivity contribution >= 4 is 25.7 Å². The van der Waals surface area contributed by atoms with E-state index in [-0.39, 0.29) is 19.3 Å². The van der Waals surface area contributed by atoms with Crippen LogP contribution in [0.2, 0.25) is 0 Å². The Bertz CT molecular complexity index is 1610. The van der Waals surface area contributed by atoms with Gasteiger partial charge in [0.05, 0.1) is 19.8 Å².